The summed E-state index contributed by atoms with van der Waals surface area (Å²) < 4.78 is 45.2. The van der Waals surface area contributed by atoms with Crippen molar-refractivity contribution in [2.75, 3.05) is 178 Å². The number of rotatable bonds is 20. The summed E-state index contributed by atoms with van der Waals surface area (Å²) in [7, 11) is 10.6. The van der Waals surface area contributed by atoms with Crippen molar-refractivity contribution < 1.29 is 94.8 Å². The zero-order chi connectivity index (χ0) is 83.2. The van der Waals surface area contributed by atoms with Gasteiger partial charge in [-0.1, -0.05) is 58.8 Å². The molecule has 5 fully saturated rings. The number of nitrogen functional groups attached to an aromatic ring is 2. The van der Waals surface area contributed by atoms with Gasteiger partial charge in [0.15, 0.2) is 20.5 Å². The third kappa shape index (κ3) is 26.8. The summed E-state index contributed by atoms with van der Waals surface area (Å²) in [4.78, 5) is 63.7. The predicted octanol–water partition coefficient (Wildman–Crippen LogP) is 10.8. The molecule has 12 N–H and O–H groups in total. The summed E-state index contributed by atoms with van der Waals surface area (Å²) in [6.45, 7) is 14.7. The molecule has 0 bridgehead atoms. The second-order valence-corrected chi connectivity index (χ2v) is 34.1. The van der Waals surface area contributed by atoms with E-state index in [2.05, 4.69) is 50.8 Å². The van der Waals surface area contributed by atoms with Crippen molar-refractivity contribution >= 4 is 181 Å². The second-order valence-electron chi connectivity index (χ2n) is 29.2. The molecule has 15 rings (SSSR count). The number of esters is 3. The number of aromatic nitrogens is 4. The Kier molecular flexibility index (Phi) is 41.5. The number of methoxy groups -OCH3 is 7. The van der Waals surface area contributed by atoms with E-state index in [1.165, 1.54) is 34.2 Å². The normalized spacial score (nSPS) is 15.0. The Balaban J connectivity index is 0.000000233. The van der Waals surface area contributed by atoms with Crippen LogP contribution in [0, 0.1) is 31.1 Å². The number of halogens is 2. The molecule has 0 atom stereocenters. The minimum absolute atomic E-state index is 0. The number of anilines is 7. The SMILES string of the molecule is C.C1CCOC1.CC(C)(O)c1cc2nc(N3CCC(CO)CC3)sc2cc1N.COC(=O)c1cc2nc(N3CCC(CO)CC3)sc2cc1Br.COC(=O)c1cc2nc(N3CCC(CO)CC3)sc2cc1N.COC(=O)c1cc2nc(N3CCC(CO)CC3)sc2cc1NCc1ccc(OC)cc1OC.COc1ccc(CN)c(OC)c1.[Br-].[CH3-].[Mg+2]. The number of nitrogens with one attached hydrogen (secondary N) is 1. The second kappa shape index (κ2) is 49.1. The zero-order valence-corrected chi connectivity index (χ0v) is 77.3. The van der Waals surface area contributed by atoms with Crippen LogP contribution in [0.3, 0.4) is 0 Å². The van der Waals surface area contributed by atoms with Crippen LogP contribution in [0.1, 0.15) is 133 Å². The Bertz CT molecular complexity index is 4760. The Morgan fingerprint density at radius 2 is 0.842 bits per heavy atom. The van der Waals surface area contributed by atoms with Crippen molar-refractivity contribution in [2.24, 2.45) is 29.4 Å². The Morgan fingerprint density at radius 1 is 0.500 bits per heavy atom. The van der Waals surface area contributed by atoms with Gasteiger partial charge in [0, 0.05) is 150 Å². The van der Waals surface area contributed by atoms with Gasteiger partial charge in [-0.15, -0.1) is 0 Å². The van der Waals surface area contributed by atoms with Gasteiger partial charge in [-0.05, 0) is 184 Å². The van der Waals surface area contributed by atoms with Gasteiger partial charge < -0.3 is 130 Å². The third-order valence-electron chi connectivity index (χ3n) is 21.0. The average Bonchev–Trinajstić information content (AvgIpc) is 1.63. The van der Waals surface area contributed by atoms with Crippen LogP contribution < -0.4 is 78.0 Å². The summed E-state index contributed by atoms with van der Waals surface area (Å²) in [5, 5.41) is 54.5. The number of aliphatic hydroxyl groups is 5. The Hall–Kier alpha value is -7.46. The molecule has 0 radical (unpaired) electrons. The molecular formula is C85H116Br2MgN12O16S4. The van der Waals surface area contributed by atoms with Gasteiger partial charge in [0.1, 0.15) is 23.0 Å². The molecule has 6 aromatic carbocycles. The molecule has 4 aromatic heterocycles. The van der Waals surface area contributed by atoms with E-state index in [0.29, 0.717) is 82.0 Å². The molecule has 0 saturated carbocycles. The van der Waals surface area contributed by atoms with Crippen LogP contribution in [0.2, 0.25) is 0 Å². The molecule has 0 unspecified atom stereocenters. The summed E-state index contributed by atoms with van der Waals surface area (Å²) in [6, 6.07) is 25.9. The molecule has 5 aliphatic rings. The number of fused-ring (bicyclic) bond motifs is 4. The minimum Gasteiger partial charge on any atom is -1.00 e. The summed E-state index contributed by atoms with van der Waals surface area (Å²) in [6.07, 6.45) is 10.4. The van der Waals surface area contributed by atoms with E-state index >= 15 is 0 Å². The molecular weight excluding hydrogens is 1760 g/mol. The molecule has 120 heavy (non-hydrogen) atoms. The summed E-state index contributed by atoms with van der Waals surface area (Å²) >= 11 is 9.86. The molecule has 0 aliphatic carbocycles. The fourth-order valence-corrected chi connectivity index (χ4v) is 18.7. The van der Waals surface area contributed by atoms with Crippen molar-refractivity contribution in [3.63, 3.8) is 0 Å². The minimum atomic E-state index is -0.971. The summed E-state index contributed by atoms with van der Waals surface area (Å²) in [5.74, 6) is 3.33. The van der Waals surface area contributed by atoms with Gasteiger partial charge in [-0.3, -0.25) is 0 Å². The Labute approximate surface area is 754 Å². The molecule has 652 valence electrons. The zero-order valence-electron chi connectivity index (χ0n) is 69.4. The van der Waals surface area contributed by atoms with Crippen LogP contribution in [0.25, 0.3) is 40.9 Å². The molecule has 35 heteroatoms. The van der Waals surface area contributed by atoms with Gasteiger partial charge in [0.25, 0.3) is 0 Å². The number of benzene rings is 6. The van der Waals surface area contributed by atoms with Crippen LogP contribution in [0.15, 0.2) is 89.4 Å². The monoisotopic (exact) mass is 1870 g/mol. The maximum absolute atomic E-state index is 12.5. The molecule has 10 aromatic rings. The smallest absolute Gasteiger partial charge is 1.00 e. The van der Waals surface area contributed by atoms with Crippen molar-refractivity contribution in [1.82, 2.24) is 19.9 Å². The summed E-state index contributed by atoms with van der Waals surface area (Å²) in [5.41, 5.74) is 25.4. The standard InChI is InChI=1S/C24H29N3O5S.C16H23N3O2S.C15H17BrN2O3S.C15H19N3O3S.C9H13NO2.C4H8O.CH4.CH3.BrH.Mg/c1-30-17-5-4-16(21(10-17)31-2)13-25-19-12-22-20(11-18(19)23(29)32-3)26-24(33-22)27-8-6-15(14-28)7-9-27;1-16(2,21)11-7-13-14(8-12(11)17)22-15(18-13)19-5-3-10(9-20)4-6-19;2*1-21-14(20)10-6-12-13(7-11(10)16)22-15(17-12)18-4-2-9(8-19)3-5-18;1-11-8-4-3-7(6-10)9(5-8)12-2;1-2-4-5-3-1;;;;/h4-5,10-12,15,25,28H,6-9,13-14H2,1-3H3;7-8,10,20-21H,3-6,9,17H2,1-2H3;6-7,9,19H,2-5,8H2,1H3;6-7,9,19H,2-5,8,16H2,1H3;3-5H,6,10H2,1-2H3;1-4H2;1H4;1H3;1H;/q;;;;;;;-1;;+2/p-1. The van der Waals surface area contributed by atoms with Crippen LogP contribution in [-0.2, 0) is 37.6 Å². The van der Waals surface area contributed by atoms with E-state index in [1.54, 1.807) is 112 Å². The number of nitrogens with two attached hydrogens (primary N) is 3. The molecule has 0 spiro atoms. The Morgan fingerprint density at radius 3 is 1.20 bits per heavy atom. The van der Waals surface area contributed by atoms with Crippen LogP contribution in [0.4, 0.5) is 37.6 Å². The van der Waals surface area contributed by atoms with E-state index in [1.807, 2.05) is 60.7 Å². The van der Waals surface area contributed by atoms with E-state index in [4.69, 9.17) is 65.1 Å². The predicted molar refractivity (Wildman–Crippen MR) is 486 cm³/mol. The van der Waals surface area contributed by atoms with E-state index in [9.17, 15) is 39.9 Å². The molecule has 5 aliphatic heterocycles. The van der Waals surface area contributed by atoms with Crippen LogP contribution >= 0.6 is 61.3 Å². The third-order valence-corrected chi connectivity index (χ3v) is 26.0. The maximum atomic E-state index is 12.5. The first-order valence-electron chi connectivity index (χ1n) is 38.8. The van der Waals surface area contributed by atoms with Crippen molar-refractivity contribution in [1.29, 1.82) is 0 Å². The number of nitrogens with zero attached hydrogens (tertiary/aromatic N) is 8. The maximum Gasteiger partial charge on any atom is 2.00 e. The fourth-order valence-electron chi connectivity index (χ4n) is 13.8. The first kappa shape index (κ1) is 101. The first-order chi connectivity index (χ1) is 56.0. The van der Waals surface area contributed by atoms with Gasteiger partial charge in [0.05, 0.1) is 119 Å². The molecule has 5 saturated heterocycles. The number of carbonyl (C=O) groups excluding carboxylic acids is 3. The largest absolute Gasteiger partial charge is 2.00 e. The van der Waals surface area contributed by atoms with Crippen LogP contribution in [0.5, 0.6) is 23.0 Å². The number of ether oxygens (including phenoxy) is 8. The number of piperidine rings is 4. The number of carbonyl (C=O) groups is 3. The fraction of sp³-hybridized carbons (Fsp3) is 0.482. The van der Waals surface area contributed by atoms with Crippen molar-refractivity contribution in [2.45, 2.75) is 104 Å². The number of hydrogen-bond acceptors (Lipinski definition) is 32. The number of thiazole rings is 4. The average molecular weight is 1870 g/mol. The molecule has 0 amide bonds. The first-order valence-corrected chi connectivity index (χ1v) is 42.8. The number of hydrogen-bond donors (Lipinski definition) is 9. The topological polar surface area (TPSA) is 381 Å². The molecule has 28 nitrogen and oxygen atoms in total. The van der Waals surface area contributed by atoms with Gasteiger partial charge in [0.2, 0.25) is 0 Å². The van der Waals surface area contributed by atoms with Gasteiger partial charge in [-0.2, -0.15) is 0 Å². The van der Waals surface area contributed by atoms with Crippen molar-refractivity contribution in [3.05, 3.63) is 130 Å². The van der Waals surface area contributed by atoms with Crippen LogP contribution in [-0.4, -0.2) is 228 Å². The molecule has 9 heterocycles. The quantitative estimate of drug-likeness (QED) is 0.0112. The van der Waals surface area contributed by atoms with E-state index < -0.39 is 17.5 Å². The van der Waals surface area contributed by atoms with E-state index in [-0.39, 0.29) is 87.3 Å². The van der Waals surface area contributed by atoms with Gasteiger partial charge in [-0.25, -0.2) is 34.3 Å². The number of aliphatic hydroxyl groups excluding tert-OH is 4. The van der Waals surface area contributed by atoms with Gasteiger partial charge >= 0.3 is 41.0 Å². The van der Waals surface area contributed by atoms with Crippen molar-refractivity contribution in [3.8, 4) is 23.0 Å². The van der Waals surface area contributed by atoms with E-state index in [0.717, 1.165) is 211 Å².